The van der Waals surface area contributed by atoms with E-state index in [-0.39, 0.29) is 41.3 Å². The number of alkyl halides is 1. The van der Waals surface area contributed by atoms with E-state index >= 15 is 0 Å². The average Bonchev–Trinajstić information content (AvgIpc) is 4.02. The number of aliphatic carboxylic acids is 1. The van der Waals surface area contributed by atoms with E-state index in [2.05, 4.69) is 139 Å². The summed E-state index contributed by atoms with van der Waals surface area (Å²) in [6.45, 7) is 19.3. The van der Waals surface area contributed by atoms with Gasteiger partial charge in [0.05, 0.1) is 31.8 Å². The van der Waals surface area contributed by atoms with Gasteiger partial charge in [0.25, 0.3) is 0 Å². The van der Waals surface area contributed by atoms with Gasteiger partial charge in [-0.3, -0.25) is 9.59 Å². The Hall–Kier alpha value is -5.96. The number of aryl methyl sites for hydroxylation is 2. The fourth-order valence-corrected chi connectivity index (χ4v) is 11.2. The van der Waals surface area contributed by atoms with Gasteiger partial charge in [-0.2, -0.15) is 0 Å². The molecule has 0 aliphatic heterocycles. The van der Waals surface area contributed by atoms with Crippen LogP contribution in [-0.2, 0) is 62.0 Å². The molecule has 15 heteroatoms. The van der Waals surface area contributed by atoms with Crippen LogP contribution in [0.5, 0.6) is 11.5 Å². The number of carbonyl (C=O) groups is 2. The van der Waals surface area contributed by atoms with Crippen molar-refractivity contribution >= 4 is 27.9 Å². The summed E-state index contributed by atoms with van der Waals surface area (Å²) < 4.78 is 13.9. The quantitative estimate of drug-likeness (QED) is 0.0693. The van der Waals surface area contributed by atoms with Crippen molar-refractivity contribution in [3.05, 3.63) is 141 Å². The van der Waals surface area contributed by atoms with Crippen LogP contribution in [0.3, 0.4) is 0 Å². The van der Waals surface area contributed by atoms with Crippen molar-refractivity contribution in [1.29, 1.82) is 0 Å². The van der Waals surface area contributed by atoms with Crippen LogP contribution in [0, 0.1) is 0 Å². The number of phenols is 1. The molecular weight excluding hydrogens is 973 g/mol. The molecule has 2 N–H and O–H groups in total. The van der Waals surface area contributed by atoms with E-state index < -0.39 is 11.9 Å². The number of tetrazole rings is 2. The van der Waals surface area contributed by atoms with Crippen molar-refractivity contribution in [1.82, 2.24) is 40.4 Å². The number of carboxylic acids is 1. The summed E-state index contributed by atoms with van der Waals surface area (Å²) in [5, 5.41) is 42.5. The number of methoxy groups -OCH3 is 1. The van der Waals surface area contributed by atoms with E-state index in [4.69, 9.17) is 9.47 Å². The molecule has 8 rings (SSSR count). The summed E-state index contributed by atoms with van der Waals surface area (Å²) in [7, 11) is 4.76. The molecule has 2 aliphatic carbocycles. The monoisotopic (exact) mass is 1050 g/mol. The van der Waals surface area contributed by atoms with Crippen LogP contribution in [0.2, 0.25) is 0 Å². The molecule has 0 unspecified atom stereocenters. The third-order valence-corrected chi connectivity index (χ3v) is 16.6. The molecule has 2 atom stereocenters. The first-order chi connectivity index (χ1) is 34.3. The molecule has 2 aliphatic rings. The lowest BCUT2D eigenvalue weighted by atomic mass is 9.59. The van der Waals surface area contributed by atoms with E-state index in [0.717, 1.165) is 35.0 Å². The standard InChI is InChI=1S/C28H36N4O3.C17H25Br.C12H14N4O3/c1-6-28(7-2)15-14-27(3,4)23-13-8-19(16-24(23)28)18-35-21-11-9-20(10-12-21)22(17-25(33)34)26-29-30-31-32(26)5;1-5-17(6-2)10-9-16(3,4)14-8-7-13(12-18)11-15(14)17;1-16-12(13-14-15-16)10(7-11(18)19-2)8-3-5-9(17)6-4-8/h8-13,16,22H,6-7,14-15,17-18H2,1-5H3,(H,33,34);7-8,11H,5-6,9-10,12H2,1-4H3;3-6,10,17H,7H2,1-2H3/t22-;;10-/m0.0/s1. The Balaban J connectivity index is 0.000000193. The fourth-order valence-electron chi connectivity index (χ4n) is 10.9. The number of rotatable bonds is 16. The molecular formula is C57H75BrN8O6. The summed E-state index contributed by atoms with van der Waals surface area (Å²) in [5.41, 5.74) is 11.6. The Morgan fingerprint density at radius 1 is 0.639 bits per heavy atom. The Morgan fingerprint density at radius 2 is 1.08 bits per heavy atom. The van der Waals surface area contributed by atoms with Gasteiger partial charge in [0, 0.05) is 19.4 Å². The van der Waals surface area contributed by atoms with Gasteiger partial charge in [0.2, 0.25) is 0 Å². The number of nitrogens with zero attached hydrogens (tertiary/aromatic N) is 8. The minimum Gasteiger partial charge on any atom is -0.508 e. The second-order valence-electron chi connectivity index (χ2n) is 20.9. The highest BCUT2D eigenvalue weighted by molar-refractivity contribution is 9.08. The first kappa shape index (κ1) is 55.4. The Kier molecular flexibility index (Phi) is 18.2. The molecule has 2 heterocycles. The van der Waals surface area contributed by atoms with Gasteiger partial charge in [-0.1, -0.05) is 132 Å². The summed E-state index contributed by atoms with van der Waals surface area (Å²) in [6, 6.07) is 28.1. The van der Waals surface area contributed by atoms with E-state index in [1.807, 2.05) is 24.3 Å². The number of ether oxygens (including phenoxy) is 2. The van der Waals surface area contributed by atoms with Crippen LogP contribution < -0.4 is 4.74 Å². The first-order valence-electron chi connectivity index (χ1n) is 25.4. The third-order valence-electron chi connectivity index (χ3n) is 16.0. The number of fused-ring (bicyclic) bond motifs is 2. The summed E-state index contributed by atoms with van der Waals surface area (Å²) in [6.07, 6.45) is 9.97. The molecule has 4 aromatic carbocycles. The zero-order valence-electron chi connectivity index (χ0n) is 44.2. The van der Waals surface area contributed by atoms with Crippen molar-refractivity contribution in [3.63, 3.8) is 0 Å². The molecule has 0 fully saturated rings. The third kappa shape index (κ3) is 12.4. The second kappa shape index (κ2) is 23.7. The molecule has 0 amide bonds. The SMILES string of the molecule is CCC1(CC)CCC(C)(C)c2ccc(CBr)cc21.CCC1(CC)CCC(C)(C)c2ccc(COc3ccc([C@H](CC(=O)O)c4nnnn4C)cc3)cc21.COC(=O)C[C@@H](c1ccc(O)cc1)c1nnnn1C. The maximum Gasteiger partial charge on any atom is 0.306 e. The summed E-state index contributed by atoms with van der Waals surface area (Å²) >= 11 is 3.60. The molecule has 0 saturated carbocycles. The molecule has 14 nitrogen and oxygen atoms in total. The van der Waals surface area contributed by atoms with E-state index in [1.165, 1.54) is 77.3 Å². The molecule has 0 bridgehead atoms. The van der Waals surface area contributed by atoms with Crippen molar-refractivity contribution in [2.45, 2.75) is 165 Å². The predicted molar refractivity (Wildman–Crippen MR) is 284 cm³/mol. The van der Waals surface area contributed by atoms with Gasteiger partial charge in [0.15, 0.2) is 11.6 Å². The molecule has 2 aromatic heterocycles. The minimum absolute atomic E-state index is 0.0868. The lowest BCUT2D eigenvalue weighted by Gasteiger charge is -2.45. The Labute approximate surface area is 434 Å². The van der Waals surface area contributed by atoms with Gasteiger partial charge >= 0.3 is 11.9 Å². The highest BCUT2D eigenvalue weighted by atomic mass is 79.9. The van der Waals surface area contributed by atoms with Gasteiger partial charge in [-0.15, -0.1) is 10.2 Å². The van der Waals surface area contributed by atoms with Crippen LogP contribution in [0.25, 0.3) is 0 Å². The van der Waals surface area contributed by atoms with Crippen LogP contribution in [0.1, 0.15) is 188 Å². The first-order valence-corrected chi connectivity index (χ1v) is 26.5. The topological polar surface area (TPSA) is 180 Å². The molecule has 6 aromatic rings. The lowest BCUT2D eigenvalue weighted by Crippen LogP contribution is -2.37. The smallest absolute Gasteiger partial charge is 0.306 e. The van der Waals surface area contributed by atoms with Crippen LogP contribution >= 0.6 is 15.9 Å². The average molecular weight is 1050 g/mol. The number of hydrogen-bond donors (Lipinski definition) is 2. The largest absolute Gasteiger partial charge is 0.508 e. The number of aromatic hydroxyl groups is 1. The van der Waals surface area contributed by atoms with Gasteiger partial charge < -0.3 is 19.7 Å². The van der Waals surface area contributed by atoms with Gasteiger partial charge in [-0.25, -0.2) is 9.36 Å². The summed E-state index contributed by atoms with van der Waals surface area (Å²) in [4.78, 5) is 23.0. The highest BCUT2D eigenvalue weighted by Crippen LogP contribution is 2.51. The fraction of sp³-hybridized carbons (Fsp3) is 0.509. The van der Waals surface area contributed by atoms with Crippen molar-refractivity contribution in [3.8, 4) is 11.5 Å². The zero-order chi connectivity index (χ0) is 52.4. The highest BCUT2D eigenvalue weighted by Gasteiger charge is 2.42. The number of phenolic OH excluding ortho intramolecular Hbond substituents is 1. The van der Waals surface area contributed by atoms with E-state index in [9.17, 15) is 19.8 Å². The number of hydrogen-bond acceptors (Lipinski definition) is 11. The minimum atomic E-state index is -0.899. The maximum absolute atomic E-state index is 11.5. The van der Waals surface area contributed by atoms with Crippen molar-refractivity contribution < 1.29 is 29.3 Å². The molecule has 386 valence electrons. The molecule has 0 radical (unpaired) electrons. The van der Waals surface area contributed by atoms with E-state index in [0.29, 0.717) is 29.1 Å². The second-order valence-corrected chi connectivity index (χ2v) is 21.5. The van der Waals surface area contributed by atoms with Crippen LogP contribution in [0.15, 0.2) is 84.9 Å². The Bertz CT molecular complexity index is 2740. The van der Waals surface area contributed by atoms with Crippen LogP contribution in [-0.4, -0.2) is 69.7 Å². The lowest BCUT2D eigenvalue weighted by molar-refractivity contribution is -0.141. The summed E-state index contributed by atoms with van der Waals surface area (Å²) in [5.74, 6) is 0.00961. The normalized spacial score (nSPS) is 16.6. The molecule has 0 spiro atoms. The number of esters is 1. The zero-order valence-corrected chi connectivity index (χ0v) is 45.8. The maximum atomic E-state index is 11.5. The Morgan fingerprint density at radius 3 is 1.50 bits per heavy atom. The number of halogens is 1. The van der Waals surface area contributed by atoms with Crippen LogP contribution in [0.4, 0.5) is 0 Å². The number of aromatic nitrogens is 8. The number of carbonyl (C=O) groups excluding carboxylic acids is 1. The number of carboxylic acid groups (broad SMARTS) is 1. The van der Waals surface area contributed by atoms with E-state index in [1.54, 1.807) is 49.5 Å². The molecule has 0 saturated heterocycles. The molecule has 72 heavy (non-hydrogen) atoms. The van der Waals surface area contributed by atoms with Crippen molar-refractivity contribution in [2.75, 3.05) is 7.11 Å². The van der Waals surface area contributed by atoms with Gasteiger partial charge in [-0.05, 0) is 163 Å². The number of benzene rings is 4. The van der Waals surface area contributed by atoms with Gasteiger partial charge in [0.1, 0.15) is 18.1 Å². The van der Waals surface area contributed by atoms with Crippen molar-refractivity contribution in [2.24, 2.45) is 14.1 Å². The predicted octanol–water partition coefficient (Wildman–Crippen LogP) is 11.8.